The normalized spacial score (nSPS) is 10.8. The Balaban J connectivity index is 2.42. The molecule has 0 radical (unpaired) electrons. The first kappa shape index (κ1) is 14.5. The molecule has 0 aliphatic carbocycles. The number of benzene rings is 2. The van der Waals surface area contributed by atoms with Crippen LogP contribution in [0.15, 0.2) is 51.8 Å². The SMILES string of the molecule is N#Cc1cc(S(=O)(=O)Nc2ccccc2Br)ccc1F. The van der Waals surface area contributed by atoms with Crippen LogP contribution in [0, 0.1) is 17.1 Å². The molecule has 0 amide bonds. The molecule has 0 heterocycles. The molecule has 0 unspecified atom stereocenters. The number of nitrogens with zero attached hydrogens (tertiary/aromatic N) is 1. The lowest BCUT2D eigenvalue weighted by Crippen LogP contribution is -2.13. The molecule has 2 aromatic carbocycles. The number of nitrogens with one attached hydrogen (secondary N) is 1. The summed E-state index contributed by atoms with van der Waals surface area (Å²) in [5.41, 5.74) is 0.0373. The molecule has 0 saturated carbocycles. The number of anilines is 1. The van der Waals surface area contributed by atoms with Crippen LogP contribution in [0.3, 0.4) is 0 Å². The Morgan fingerprint density at radius 1 is 1.20 bits per heavy atom. The Morgan fingerprint density at radius 2 is 1.90 bits per heavy atom. The minimum Gasteiger partial charge on any atom is -0.278 e. The van der Waals surface area contributed by atoms with E-state index in [1.54, 1.807) is 30.3 Å². The molecule has 0 aromatic heterocycles. The van der Waals surface area contributed by atoms with Gasteiger partial charge in [-0.2, -0.15) is 5.26 Å². The molecule has 20 heavy (non-hydrogen) atoms. The molecule has 0 fully saturated rings. The summed E-state index contributed by atoms with van der Waals surface area (Å²) in [5.74, 6) is -0.757. The topological polar surface area (TPSA) is 70.0 Å². The average Bonchev–Trinajstić information content (AvgIpc) is 2.41. The van der Waals surface area contributed by atoms with E-state index in [9.17, 15) is 12.8 Å². The molecule has 102 valence electrons. The van der Waals surface area contributed by atoms with E-state index < -0.39 is 15.8 Å². The maximum atomic E-state index is 13.2. The lowest BCUT2D eigenvalue weighted by atomic mass is 10.2. The van der Waals surface area contributed by atoms with Gasteiger partial charge in [0.2, 0.25) is 0 Å². The molecule has 2 rings (SSSR count). The van der Waals surface area contributed by atoms with E-state index in [0.29, 0.717) is 10.2 Å². The molecule has 0 bridgehead atoms. The van der Waals surface area contributed by atoms with Gasteiger partial charge in [0.15, 0.2) is 0 Å². The minimum atomic E-state index is -3.88. The Morgan fingerprint density at radius 3 is 2.55 bits per heavy atom. The molecule has 0 aliphatic heterocycles. The van der Waals surface area contributed by atoms with Gasteiger partial charge in [0.1, 0.15) is 11.9 Å². The second-order valence-corrected chi connectivity index (χ2v) is 6.38. The van der Waals surface area contributed by atoms with E-state index in [4.69, 9.17) is 5.26 Å². The van der Waals surface area contributed by atoms with Crippen molar-refractivity contribution in [3.8, 4) is 6.07 Å². The van der Waals surface area contributed by atoms with E-state index in [1.807, 2.05) is 0 Å². The van der Waals surface area contributed by atoms with Gasteiger partial charge in [0.05, 0.1) is 16.1 Å². The molecule has 4 nitrogen and oxygen atoms in total. The first-order valence-electron chi connectivity index (χ1n) is 5.41. The van der Waals surface area contributed by atoms with Gasteiger partial charge >= 0.3 is 0 Å². The number of nitriles is 1. The maximum Gasteiger partial charge on any atom is 0.261 e. The van der Waals surface area contributed by atoms with Gasteiger partial charge in [-0.15, -0.1) is 0 Å². The zero-order valence-electron chi connectivity index (χ0n) is 9.97. The van der Waals surface area contributed by atoms with Crippen molar-refractivity contribution in [2.75, 3.05) is 4.72 Å². The van der Waals surface area contributed by atoms with Crippen LogP contribution in [0.25, 0.3) is 0 Å². The van der Waals surface area contributed by atoms with Crippen molar-refractivity contribution in [3.63, 3.8) is 0 Å². The van der Waals surface area contributed by atoms with Crippen LogP contribution in [-0.2, 0) is 10.0 Å². The molecule has 0 spiro atoms. The smallest absolute Gasteiger partial charge is 0.261 e. The van der Waals surface area contributed by atoms with Gasteiger partial charge < -0.3 is 0 Å². The Labute approximate surface area is 124 Å². The lowest BCUT2D eigenvalue weighted by Gasteiger charge is -2.09. The van der Waals surface area contributed by atoms with E-state index in [2.05, 4.69) is 20.7 Å². The van der Waals surface area contributed by atoms with Crippen LogP contribution < -0.4 is 4.72 Å². The second kappa shape index (κ2) is 5.61. The Hall–Kier alpha value is -1.91. The summed E-state index contributed by atoms with van der Waals surface area (Å²) in [6.45, 7) is 0. The largest absolute Gasteiger partial charge is 0.278 e. The number of rotatable bonds is 3. The summed E-state index contributed by atoms with van der Waals surface area (Å²) in [5, 5.41) is 8.73. The fourth-order valence-corrected chi connectivity index (χ4v) is 3.13. The van der Waals surface area contributed by atoms with Crippen molar-refractivity contribution in [2.24, 2.45) is 0 Å². The molecule has 1 N–H and O–H groups in total. The maximum absolute atomic E-state index is 13.2. The van der Waals surface area contributed by atoms with Crippen LogP contribution in [0.5, 0.6) is 0 Å². The quantitative estimate of drug-likeness (QED) is 0.919. The van der Waals surface area contributed by atoms with Crippen molar-refractivity contribution < 1.29 is 12.8 Å². The molecule has 0 atom stereocenters. The van der Waals surface area contributed by atoms with Gasteiger partial charge in [-0.25, -0.2) is 12.8 Å². The summed E-state index contributed by atoms with van der Waals surface area (Å²) < 4.78 is 40.5. The van der Waals surface area contributed by atoms with Gasteiger partial charge in [0, 0.05) is 4.47 Å². The summed E-state index contributed by atoms with van der Waals surface area (Å²) in [6, 6.07) is 11.3. The summed E-state index contributed by atoms with van der Waals surface area (Å²) in [7, 11) is -3.88. The molecule has 7 heteroatoms. The van der Waals surface area contributed by atoms with Crippen LogP contribution >= 0.6 is 15.9 Å². The highest BCUT2D eigenvalue weighted by atomic mass is 79.9. The molecular formula is C13H8BrFN2O2S. The first-order chi connectivity index (χ1) is 9.44. The van der Waals surface area contributed by atoms with E-state index in [1.165, 1.54) is 0 Å². The number of para-hydroxylation sites is 1. The third kappa shape index (κ3) is 2.98. The molecule has 2 aromatic rings. The van der Waals surface area contributed by atoms with E-state index in [-0.39, 0.29) is 10.5 Å². The molecule has 0 aliphatic rings. The predicted molar refractivity (Wildman–Crippen MR) is 76.1 cm³/mol. The van der Waals surface area contributed by atoms with Crippen LogP contribution in [-0.4, -0.2) is 8.42 Å². The summed E-state index contributed by atoms with van der Waals surface area (Å²) >= 11 is 3.22. The van der Waals surface area contributed by atoms with Crippen LogP contribution in [0.4, 0.5) is 10.1 Å². The number of sulfonamides is 1. The monoisotopic (exact) mass is 354 g/mol. The molecule has 0 saturated heterocycles. The van der Waals surface area contributed by atoms with Crippen molar-refractivity contribution in [3.05, 3.63) is 58.3 Å². The van der Waals surface area contributed by atoms with Gasteiger partial charge in [-0.05, 0) is 46.3 Å². The number of hydrogen-bond acceptors (Lipinski definition) is 3. The Kier molecular flexibility index (Phi) is 4.06. The fraction of sp³-hybridized carbons (Fsp3) is 0. The zero-order valence-corrected chi connectivity index (χ0v) is 12.4. The van der Waals surface area contributed by atoms with Crippen molar-refractivity contribution >= 4 is 31.6 Å². The van der Waals surface area contributed by atoms with Crippen LogP contribution in [0.2, 0.25) is 0 Å². The van der Waals surface area contributed by atoms with Crippen LogP contribution in [0.1, 0.15) is 5.56 Å². The zero-order chi connectivity index (χ0) is 14.8. The average molecular weight is 355 g/mol. The third-order valence-corrected chi connectivity index (χ3v) is 4.54. The van der Waals surface area contributed by atoms with Gasteiger partial charge in [0.25, 0.3) is 10.0 Å². The lowest BCUT2D eigenvalue weighted by molar-refractivity contribution is 0.599. The van der Waals surface area contributed by atoms with E-state index >= 15 is 0 Å². The first-order valence-corrected chi connectivity index (χ1v) is 7.68. The van der Waals surface area contributed by atoms with E-state index in [0.717, 1.165) is 18.2 Å². The minimum absolute atomic E-state index is 0.175. The van der Waals surface area contributed by atoms with Gasteiger partial charge in [-0.1, -0.05) is 12.1 Å². The number of hydrogen-bond donors (Lipinski definition) is 1. The third-order valence-electron chi connectivity index (χ3n) is 2.49. The highest BCUT2D eigenvalue weighted by molar-refractivity contribution is 9.10. The number of halogens is 2. The van der Waals surface area contributed by atoms with Crippen molar-refractivity contribution in [2.45, 2.75) is 4.90 Å². The van der Waals surface area contributed by atoms with Gasteiger partial charge in [-0.3, -0.25) is 4.72 Å². The summed E-state index contributed by atoms with van der Waals surface area (Å²) in [4.78, 5) is -0.175. The highest BCUT2D eigenvalue weighted by Gasteiger charge is 2.17. The van der Waals surface area contributed by atoms with Crippen molar-refractivity contribution in [1.82, 2.24) is 0 Å². The summed E-state index contributed by atoms with van der Waals surface area (Å²) in [6.07, 6.45) is 0. The molecular weight excluding hydrogens is 347 g/mol. The Bertz CT molecular complexity index is 800. The highest BCUT2D eigenvalue weighted by Crippen LogP contribution is 2.25. The van der Waals surface area contributed by atoms with Crippen molar-refractivity contribution in [1.29, 1.82) is 5.26 Å². The second-order valence-electron chi connectivity index (χ2n) is 3.84. The standard InChI is InChI=1S/C13H8BrFN2O2S/c14-11-3-1-2-4-13(11)17-20(18,19)10-5-6-12(15)9(7-10)8-16/h1-7,17H. The fourth-order valence-electron chi connectivity index (χ4n) is 1.50. The predicted octanol–water partition coefficient (Wildman–Crippen LogP) is 3.26.